The molecule has 1 aromatic heterocycles. The number of nitrogens with zero attached hydrogens (tertiary/aromatic N) is 2. The maximum atomic E-state index is 11.3. The zero-order valence-electron chi connectivity index (χ0n) is 11.2. The second-order valence-electron chi connectivity index (χ2n) is 4.74. The molecule has 0 aliphatic carbocycles. The number of aliphatic imine (C=N–C) groups is 1. The van der Waals surface area contributed by atoms with E-state index in [2.05, 4.69) is 4.99 Å². The maximum absolute atomic E-state index is 11.3. The highest BCUT2D eigenvalue weighted by Gasteiger charge is 2.57. The number of aromatic nitrogens is 1. The number of hydrogen-bond acceptors (Lipinski definition) is 5. The lowest BCUT2D eigenvalue weighted by atomic mass is 10.2. The number of rotatable bonds is 5. The Morgan fingerprint density at radius 2 is 2.05 bits per heavy atom. The monoisotopic (exact) mass is 348 g/mol. The van der Waals surface area contributed by atoms with E-state index in [0.717, 1.165) is 4.57 Å². The summed E-state index contributed by atoms with van der Waals surface area (Å²) in [7, 11) is -11.3. The summed E-state index contributed by atoms with van der Waals surface area (Å²) < 4.78 is 23.6. The van der Waals surface area contributed by atoms with Crippen LogP contribution in [0.4, 0.5) is 0 Å². The van der Waals surface area contributed by atoms with Gasteiger partial charge in [-0.1, -0.05) is 6.08 Å². The van der Waals surface area contributed by atoms with Gasteiger partial charge in [-0.2, -0.15) is 0 Å². The summed E-state index contributed by atoms with van der Waals surface area (Å²) in [6.07, 6.45) is 6.78. The van der Waals surface area contributed by atoms with E-state index >= 15 is 0 Å². The summed E-state index contributed by atoms with van der Waals surface area (Å²) in [6, 6.07) is 3.16. The Morgan fingerprint density at radius 3 is 2.55 bits per heavy atom. The largest absolute Gasteiger partial charge is 0.776 e. The maximum Gasteiger partial charge on any atom is 0.372 e. The van der Waals surface area contributed by atoms with Crippen molar-refractivity contribution < 1.29 is 38.4 Å². The third-order valence-corrected chi connectivity index (χ3v) is 6.78. The molecule has 4 N–H and O–H groups in total. The Labute approximate surface area is 125 Å². The van der Waals surface area contributed by atoms with Gasteiger partial charge in [0.05, 0.1) is 11.3 Å². The fraction of sp³-hybridized carbons (Fsp3) is 0.273. The molecule has 0 bridgehead atoms. The Bertz CT molecular complexity index is 712. The summed E-state index contributed by atoms with van der Waals surface area (Å²) in [6.45, 7) is -1.03. The topological polar surface area (TPSA) is 154 Å². The van der Waals surface area contributed by atoms with Crippen LogP contribution >= 0.6 is 15.2 Å². The first-order valence-corrected chi connectivity index (χ1v) is 9.28. The number of aliphatic hydroxyl groups is 1. The van der Waals surface area contributed by atoms with Gasteiger partial charge in [0.15, 0.2) is 26.5 Å². The Kier molecular flexibility index (Phi) is 4.52. The van der Waals surface area contributed by atoms with E-state index in [1.54, 1.807) is 18.4 Å². The molecule has 0 amide bonds. The van der Waals surface area contributed by atoms with Crippen LogP contribution in [0.2, 0.25) is 0 Å². The molecule has 0 fully saturated rings. The summed E-state index contributed by atoms with van der Waals surface area (Å²) in [5, 5.41) is 6.24. The quantitative estimate of drug-likeness (QED) is 0.399. The standard InChI is InChI=1S/C11H14N2O7P2/c14-11(21(15,16)17,22(18,19)20)8-13-6-2-3-9(7-13)10-4-1-5-12-10/h2-7,14H,1,8H2,(H3-,15,16,17,18,19,20). The van der Waals surface area contributed by atoms with Crippen molar-refractivity contribution in [3.8, 4) is 0 Å². The lowest BCUT2D eigenvalue weighted by Crippen LogP contribution is -2.49. The highest BCUT2D eigenvalue weighted by atomic mass is 31.2. The molecule has 0 saturated heterocycles. The highest BCUT2D eigenvalue weighted by Crippen LogP contribution is 2.65. The van der Waals surface area contributed by atoms with Gasteiger partial charge in [-0.3, -0.25) is 9.56 Å². The molecule has 2 heterocycles. The van der Waals surface area contributed by atoms with Crippen LogP contribution in [-0.2, 0) is 15.7 Å². The van der Waals surface area contributed by atoms with Crippen LogP contribution in [-0.4, -0.2) is 31.1 Å². The van der Waals surface area contributed by atoms with Gasteiger partial charge in [-0.05, 0) is 6.07 Å². The van der Waals surface area contributed by atoms with Crippen LogP contribution in [0, 0.1) is 0 Å². The Hall–Kier alpha value is -1.18. The molecule has 120 valence electrons. The molecule has 2 atom stereocenters. The summed E-state index contributed by atoms with van der Waals surface area (Å²) in [4.78, 5) is 42.5. The van der Waals surface area contributed by atoms with Crippen LogP contribution in [0.3, 0.4) is 0 Å². The van der Waals surface area contributed by atoms with Crippen LogP contribution in [0.1, 0.15) is 12.0 Å². The van der Waals surface area contributed by atoms with Crippen molar-refractivity contribution in [2.24, 2.45) is 4.99 Å². The predicted octanol–water partition coefficient (Wildman–Crippen LogP) is -0.841. The van der Waals surface area contributed by atoms with Gasteiger partial charge >= 0.3 is 7.60 Å². The molecular weight excluding hydrogens is 334 g/mol. The highest BCUT2D eigenvalue weighted by molar-refractivity contribution is 7.71. The molecule has 22 heavy (non-hydrogen) atoms. The molecular formula is C11H14N2O7P2. The van der Waals surface area contributed by atoms with E-state index in [1.165, 1.54) is 18.5 Å². The molecule has 0 aromatic carbocycles. The molecule has 1 aliphatic heterocycles. The minimum atomic E-state index is -5.74. The predicted molar refractivity (Wildman–Crippen MR) is 74.5 cm³/mol. The second-order valence-corrected chi connectivity index (χ2v) is 8.70. The first-order valence-electron chi connectivity index (χ1n) is 6.09. The fourth-order valence-electron chi connectivity index (χ4n) is 1.92. The molecule has 1 aromatic rings. The van der Waals surface area contributed by atoms with Crippen LogP contribution in [0.25, 0.3) is 5.70 Å². The number of hydrogen-bond donors (Lipinski definition) is 4. The minimum absolute atomic E-state index is 0.572. The Morgan fingerprint density at radius 1 is 1.36 bits per heavy atom. The van der Waals surface area contributed by atoms with E-state index in [-0.39, 0.29) is 0 Å². The average molecular weight is 348 g/mol. The van der Waals surface area contributed by atoms with Crippen molar-refractivity contribution in [1.29, 1.82) is 0 Å². The number of allylic oxidation sites excluding steroid dienone is 1. The smallest absolute Gasteiger partial charge is 0.372 e. The van der Waals surface area contributed by atoms with E-state index in [1.807, 2.05) is 0 Å². The van der Waals surface area contributed by atoms with Crippen molar-refractivity contribution in [3.05, 3.63) is 36.2 Å². The lowest BCUT2D eigenvalue weighted by Gasteiger charge is -2.33. The zero-order chi connectivity index (χ0) is 16.6. The second kappa shape index (κ2) is 5.79. The van der Waals surface area contributed by atoms with Gasteiger partial charge < -0.3 is 29.2 Å². The fourth-order valence-corrected chi connectivity index (χ4v) is 3.93. The Balaban J connectivity index is 2.40. The molecule has 1 aliphatic rings. The zero-order valence-corrected chi connectivity index (χ0v) is 13.0. The van der Waals surface area contributed by atoms with Gasteiger partial charge in [0.25, 0.3) is 5.08 Å². The van der Waals surface area contributed by atoms with Crippen molar-refractivity contribution >= 4 is 27.1 Å². The molecule has 2 rings (SSSR count). The third-order valence-electron chi connectivity index (χ3n) is 3.11. The lowest BCUT2D eigenvalue weighted by molar-refractivity contribution is -0.704. The normalized spacial score (nSPS) is 20.3. The van der Waals surface area contributed by atoms with Crippen LogP contribution < -0.4 is 9.46 Å². The van der Waals surface area contributed by atoms with Gasteiger partial charge in [-0.25, -0.2) is 4.57 Å². The molecule has 0 saturated carbocycles. The number of pyridine rings is 1. The van der Waals surface area contributed by atoms with Crippen LogP contribution in [0.5, 0.6) is 0 Å². The molecule has 0 radical (unpaired) electrons. The summed E-state index contributed by atoms with van der Waals surface area (Å²) >= 11 is 0. The van der Waals surface area contributed by atoms with Crippen molar-refractivity contribution in [1.82, 2.24) is 0 Å². The molecule has 2 unspecified atom stereocenters. The van der Waals surface area contributed by atoms with E-state index in [0.29, 0.717) is 17.7 Å². The van der Waals surface area contributed by atoms with Gasteiger partial charge in [-0.15, -0.1) is 0 Å². The van der Waals surface area contributed by atoms with Gasteiger partial charge in [0.1, 0.15) is 0 Å². The minimum Gasteiger partial charge on any atom is -0.776 e. The SMILES string of the molecule is O=P([O-])(O)C(O)(C[n+]1cccc(C2=CCC=N2)c1)P(=O)(O)O. The molecule has 11 heteroatoms. The van der Waals surface area contributed by atoms with E-state index < -0.39 is 26.8 Å². The average Bonchev–Trinajstić information content (AvgIpc) is 2.90. The first kappa shape index (κ1) is 17.2. The molecule has 9 nitrogen and oxygen atoms in total. The summed E-state index contributed by atoms with van der Waals surface area (Å²) in [5.41, 5.74) is 1.19. The van der Waals surface area contributed by atoms with Crippen molar-refractivity contribution in [3.63, 3.8) is 0 Å². The van der Waals surface area contributed by atoms with Gasteiger partial charge in [0.2, 0.25) is 0 Å². The van der Waals surface area contributed by atoms with Gasteiger partial charge in [0, 0.05) is 18.7 Å². The van der Waals surface area contributed by atoms with Crippen LogP contribution in [0.15, 0.2) is 35.6 Å². The van der Waals surface area contributed by atoms with E-state index in [9.17, 15) is 19.1 Å². The molecule has 0 spiro atoms. The van der Waals surface area contributed by atoms with Crippen molar-refractivity contribution in [2.75, 3.05) is 0 Å². The summed E-state index contributed by atoms with van der Waals surface area (Å²) in [5.74, 6) is 0. The third kappa shape index (κ3) is 3.26. The van der Waals surface area contributed by atoms with Crippen molar-refractivity contribution in [2.45, 2.75) is 18.0 Å². The first-order chi connectivity index (χ1) is 10.0. The van der Waals surface area contributed by atoms with E-state index in [4.69, 9.17) is 14.7 Å².